The molecular weight excluding hydrogens is 212 g/mol. The van der Waals surface area contributed by atoms with Gasteiger partial charge in [0, 0.05) is 11.9 Å². The predicted molar refractivity (Wildman–Crippen MR) is 58.8 cm³/mol. The molecule has 0 radical (unpaired) electrons. The van der Waals surface area contributed by atoms with Crippen molar-refractivity contribution < 1.29 is 9.90 Å². The van der Waals surface area contributed by atoms with E-state index in [0.717, 1.165) is 16.9 Å². The standard InChI is InChI=1S/C10H14N2O2S/c1-11-10(14)12-7-2-3-8(13)9-6(7)4-5-15-9/h4-5,7-8,13H,2-3H2,1H3,(H2,11,12,14). The highest BCUT2D eigenvalue weighted by Gasteiger charge is 2.27. The van der Waals surface area contributed by atoms with E-state index in [4.69, 9.17) is 0 Å². The molecule has 1 aromatic heterocycles. The van der Waals surface area contributed by atoms with Gasteiger partial charge in [0.25, 0.3) is 0 Å². The van der Waals surface area contributed by atoms with Crippen LogP contribution in [0, 0.1) is 0 Å². The van der Waals surface area contributed by atoms with E-state index in [9.17, 15) is 9.90 Å². The first-order valence-electron chi connectivity index (χ1n) is 4.96. The first-order chi connectivity index (χ1) is 7.22. The number of urea groups is 1. The summed E-state index contributed by atoms with van der Waals surface area (Å²) < 4.78 is 0. The van der Waals surface area contributed by atoms with Crippen LogP contribution in [-0.2, 0) is 0 Å². The number of carbonyl (C=O) groups excluding carboxylic acids is 1. The summed E-state index contributed by atoms with van der Waals surface area (Å²) in [7, 11) is 1.60. The van der Waals surface area contributed by atoms with Crippen LogP contribution < -0.4 is 10.6 Å². The normalized spacial score (nSPS) is 24.4. The summed E-state index contributed by atoms with van der Waals surface area (Å²) in [5, 5.41) is 17.1. The van der Waals surface area contributed by atoms with Crippen molar-refractivity contribution in [1.82, 2.24) is 10.6 Å². The van der Waals surface area contributed by atoms with E-state index in [-0.39, 0.29) is 18.2 Å². The molecule has 0 fully saturated rings. The smallest absolute Gasteiger partial charge is 0.315 e. The van der Waals surface area contributed by atoms with E-state index in [1.54, 1.807) is 18.4 Å². The van der Waals surface area contributed by atoms with Crippen LogP contribution in [0.1, 0.15) is 35.4 Å². The maximum Gasteiger partial charge on any atom is 0.315 e. The van der Waals surface area contributed by atoms with Gasteiger partial charge in [-0.1, -0.05) is 0 Å². The zero-order chi connectivity index (χ0) is 10.8. The lowest BCUT2D eigenvalue weighted by Gasteiger charge is -2.26. The van der Waals surface area contributed by atoms with Crippen molar-refractivity contribution >= 4 is 17.4 Å². The summed E-state index contributed by atoms with van der Waals surface area (Å²) >= 11 is 1.55. The summed E-state index contributed by atoms with van der Waals surface area (Å²) in [6.07, 6.45) is 1.14. The molecule has 0 aliphatic heterocycles. The molecule has 0 bridgehead atoms. The van der Waals surface area contributed by atoms with Gasteiger partial charge in [0.2, 0.25) is 0 Å². The molecule has 1 aliphatic rings. The van der Waals surface area contributed by atoms with Crippen molar-refractivity contribution in [2.75, 3.05) is 7.05 Å². The van der Waals surface area contributed by atoms with Crippen molar-refractivity contribution in [2.24, 2.45) is 0 Å². The topological polar surface area (TPSA) is 61.4 Å². The van der Waals surface area contributed by atoms with E-state index in [1.807, 2.05) is 11.4 Å². The molecule has 5 heteroatoms. The summed E-state index contributed by atoms with van der Waals surface area (Å²) in [5.41, 5.74) is 1.06. The zero-order valence-electron chi connectivity index (χ0n) is 8.49. The van der Waals surface area contributed by atoms with Crippen molar-refractivity contribution in [2.45, 2.75) is 25.0 Å². The monoisotopic (exact) mass is 226 g/mol. The first kappa shape index (κ1) is 10.4. The number of aliphatic hydroxyl groups excluding tert-OH is 1. The Balaban J connectivity index is 2.17. The van der Waals surface area contributed by atoms with Crippen LogP contribution >= 0.6 is 11.3 Å². The van der Waals surface area contributed by atoms with Crippen LogP contribution in [-0.4, -0.2) is 18.2 Å². The number of amides is 2. The highest BCUT2D eigenvalue weighted by atomic mass is 32.1. The maximum absolute atomic E-state index is 11.2. The van der Waals surface area contributed by atoms with Gasteiger partial charge >= 0.3 is 6.03 Å². The van der Waals surface area contributed by atoms with Crippen LogP contribution in [0.3, 0.4) is 0 Å². The van der Waals surface area contributed by atoms with Gasteiger partial charge in [-0.15, -0.1) is 11.3 Å². The van der Waals surface area contributed by atoms with Crippen LogP contribution in [0.15, 0.2) is 11.4 Å². The summed E-state index contributed by atoms with van der Waals surface area (Å²) in [4.78, 5) is 12.2. The van der Waals surface area contributed by atoms with E-state index in [1.165, 1.54) is 0 Å². The first-order valence-corrected chi connectivity index (χ1v) is 5.84. The Hall–Kier alpha value is -1.07. The van der Waals surface area contributed by atoms with Crippen molar-refractivity contribution in [3.8, 4) is 0 Å². The molecule has 15 heavy (non-hydrogen) atoms. The lowest BCUT2D eigenvalue weighted by Crippen LogP contribution is -2.37. The zero-order valence-corrected chi connectivity index (χ0v) is 9.30. The molecule has 82 valence electrons. The molecule has 0 saturated carbocycles. The van der Waals surface area contributed by atoms with Gasteiger partial charge in [-0.25, -0.2) is 4.79 Å². The largest absolute Gasteiger partial charge is 0.388 e. The van der Waals surface area contributed by atoms with Crippen molar-refractivity contribution in [1.29, 1.82) is 0 Å². The van der Waals surface area contributed by atoms with Gasteiger partial charge < -0.3 is 15.7 Å². The highest BCUT2D eigenvalue weighted by Crippen LogP contribution is 2.39. The number of thiophene rings is 1. The third-order valence-corrected chi connectivity index (χ3v) is 3.70. The highest BCUT2D eigenvalue weighted by molar-refractivity contribution is 7.10. The van der Waals surface area contributed by atoms with Crippen molar-refractivity contribution in [3.63, 3.8) is 0 Å². The molecule has 4 nitrogen and oxygen atoms in total. The van der Waals surface area contributed by atoms with Crippen LogP contribution in [0.4, 0.5) is 4.79 Å². The van der Waals surface area contributed by atoms with Gasteiger partial charge in [0.1, 0.15) is 0 Å². The molecule has 1 aliphatic carbocycles. The number of hydrogen-bond acceptors (Lipinski definition) is 3. The van der Waals surface area contributed by atoms with Crippen LogP contribution in [0.2, 0.25) is 0 Å². The molecule has 0 aromatic carbocycles. The van der Waals surface area contributed by atoms with Crippen molar-refractivity contribution in [3.05, 3.63) is 21.9 Å². The third-order valence-electron chi connectivity index (χ3n) is 2.67. The molecule has 3 N–H and O–H groups in total. The number of hydrogen-bond donors (Lipinski definition) is 3. The molecule has 1 heterocycles. The number of aliphatic hydroxyl groups is 1. The van der Waals surface area contributed by atoms with Gasteiger partial charge in [-0.05, 0) is 29.9 Å². The molecule has 0 saturated heterocycles. The third kappa shape index (κ3) is 1.98. The minimum absolute atomic E-state index is 0.0367. The fourth-order valence-corrected chi connectivity index (χ4v) is 2.86. The molecule has 2 rings (SSSR count). The van der Waals surface area contributed by atoms with Crippen LogP contribution in [0.5, 0.6) is 0 Å². The number of rotatable bonds is 1. The van der Waals surface area contributed by atoms with Crippen LogP contribution in [0.25, 0.3) is 0 Å². The Bertz CT molecular complexity index is 364. The number of nitrogens with one attached hydrogen (secondary N) is 2. The summed E-state index contributed by atoms with van der Waals surface area (Å²) in [6, 6.07) is 1.84. The molecule has 2 unspecified atom stereocenters. The van der Waals surface area contributed by atoms with E-state index < -0.39 is 0 Å². The Kier molecular flexibility index (Phi) is 2.93. The lowest BCUT2D eigenvalue weighted by atomic mass is 9.92. The predicted octanol–water partition coefficient (Wildman–Crippen LogP) is 1.55. The SMILES string of the molecule is CNC(=O)NC1CCC(O)c2sccc21. The average Bonchev–Trinajstić information content (AvgIpc) is 2.71. The second kappa shape index (κ2) is 4.20. The number of fused-ring (bicyclic) bond motifs is 1. The van der Waals surface area contributed by atoms with Gasteiger partial charge in [0.05, 0.1) is 12.1 Å². The minimum Gasteiger partial charge on any atom is -0.388 e. The Morgan fingerprint density at radius 1 is 1.60 bits per heavy atom. The molecule has 1 aromatic rings. The molecule has 2 atom stereocenters. The molecule has 0 spiro atoms. The summed E-state index contributed by atoms with van der Waals surface area (Å²) in [5.74, 6) is 0. The fourth-order valence-electron chi connectivity index (χ4n) is 1.88. The van der Waals surface area contributed by atoms with Gasteiger partial charge in [0.15, 0.2) is 0 Å². The maximum atomic E-state index is 11.2. The van der Waals surface area contributed by atoms with E-state index in [0.29, 0.717) is 6.42 Å². The molecule has 2 amide bonds. The minimum atomic E-state index is -0.359. The fraction of sp³-hybridized carbons (Fsp3) is 0.500. The summed E-state index contributed by atoms with van der Waals surface area (Å²) in [6.45, 7) is 0. The second-order valence-corrected chi connectivity index (χ2v) is 4.56. The van der Waals surface area contributed by atoms with E-state index in [2.05, 4.69) is 10.6 Å². The Morgan fingerprint density at radius 3 is 3.13 bits per heavy atom. The number of carbonyl (C=O) groups is 1. The quantitative estimate of drug-likeness (QED) is 0.680. The lowest BCUT2D eigenvalue weighted by molar-refractivity contribution is 0.151. The molecular formula is C10H14N2O2S. The van der Waals surface area contributed by atoms with Gasteiger partial charge in [-0.3, -0.25) is 0 Å². The second-order valence-electron chi connectivity index (χ2n) is 3.61. The average molecular weight is 226 g/mol. The van der Waals surface area contributed by atoms with E-state index >= 15 is 0 Å². The Labute approximate surface area is 92.3 Å². The Morgan fingerprint density at radius 2 is 2.40 bits per heavy atom. The van der Waals surface area contributed by atoms with Gasteiger partial charge in [-0.2, -0.15) is 0 Å².